The van der Waals surface area contributed by atoms with Crippen LogP contribution in [-0.2, 0) is 13.0 Å². The van der Waals surface area contributed by atoms with Crippen molar-refractivity contribution in [1.82, 2.24) is 24.4 Å². The monoisotopic (exact) mass is 454 g/mol. The van der Waals surface area contributed by atoms with Gasteiger partial charge in [-0.2, -0.15) is 32.1 Å². The molecule has 0 fully saturated rings. The molecule has 13 heteroatoms. The van der Waals surface area contributed by atoms with Crippen molar-refractivity contribution < 1.29 is 31.1 Å². The summed E-state index contributed by atoms with van der Waals surface area (Å²) in [6, 6.07) is 7.27. The first kappa shape index (κ1) is 21.3. The van der Waals surface area contributed by atoms with Crippen LogP contribution < -0.4 is 5.32 Å². The van der Waals surface area contributed by atoms with E-state index in [1.807, 2.05) is 0 Å². The van der Waals surface area contributed by atoms with E-state index in [4.69, 9.17) is 0 Å². The van der Waals surface area contributed by atoms with Crippen molar-refractivity contribution in [2.75, 3.05) is 5.32 Å². The number of alkyl halides is 5. The number of rotatable bonds is 4. The van der Waals surface area contributed by atoms with Gasteiger partial charge in [-0.15, -0.1) is 0 Å². The van der Waals surface area contributed by atoms with Gasteiger partial charge in [0.25, 0.3) is 5.91 Å². The number of halogens is 6. The molecule has 0 saturated carbocycles. The molecule has 0 aliphatic rings. The number of hydrogen-bond acceptors (Lipinski definition) is 4. The fourth-order valence-electron chi connectivity index (χ4n) is 2.88. The molecular formula is C19H12F6N6O. The fourth-order valence-corrected chi connectivity index (χ4v) is 2.88. The van der Waals surface area contributed by atoms with Gasteiger partial charge >= 0.3 is 12.1 Å². The number of aryl methyl sites for hydroxylation is 1. The summed E-state index contributed by atoms with van der Waals surface area (Å²) in [5, 5.41) is 9.88. The summed E-state index contributed by atoms with van der Waals surface area (Å²) in [6.07, 6.45) is -4.42. The molecule has 0 spiro atoms. The molecule has 0 radical (unpaired) electrons. The summed E-state index contributed by atoms with van der Waals surface area (Å²) < 4.78 is 82.9. The molecule has 0 aliphatic heterocycles. The molecule has 166 valence electrons. The molecule has 1 N–H and O–H groups in total. The lowest BCUT2D eigenvalue weighted by molar-refractivity contribution is -0.291. The summed E-state index contributed by atoms with van der Waals surface area (Å²) in [5.74, 6) is -6.72. The molecule has 4 rings (SSSR count). The second kappa shape index (κ2) is 7.35. The minimum Gasteiger partial charge on any atom is -0.304 e. The average Bonchev–Trinajstić information content (AvgIpc) is 3.32. The van der Waals surface area contributed by atoms with E-state index in [0.717, 1.165) is 18.2 Å². The van der Waals surface area contributed by atoms with Gasteiger partial charge in [-0.05, 0) is 30.3 Å². The Balaban J connectivity index is 1.86. The number of carbonyl (C=O) groups excluding carboxylic acids is 1. The van der Waals surface area contributed by atoms with Crippen LogP contribution >= 0.6 is 0 Å². The Morgan fingerprint density at radius 1 is 1.00 bits per heavy atom. The lowest BCUT2D eigenvalue weighted by Crippen LogP contribution is -2.36. The van der Waals surface area contributed by atoms with Gasteiger partial charge < -0.3 is 5.32 Å². The Hall–Kier alpha value is -3.90. The Morgan fingerprint density at radius 3 is 2.28 bits per heavy atom. The van der Waals surface area contributed by atoms with Gasteiger partial charge in [0.2, 0.25) is 0 Å². The van der Waals surface area contributed by atoms with E-state index in [0.29, 0.717) is 6.07 Å². The molecule has 1 aromatic carbocycles. The maximum Gasteiger partial charge on any atom is 0.459 e. The van der Waals surface area contributed by atoms with Crippen molar-refractivity contribution in [2.45, 2.75) is 12.1 Å². The van der Waals surface area contributed by atoms with Crippen molar-refractivity contribution in [1.29, 1.82) is 0 Å². The van der Waals surface area contributed by atoms with Gasteiger partial charge in [0, 0.05) is 30.9 Å². The molecule has 4 aromatic rings. The van der Waals surface area contributed by atoms with Crippen LogP contribution in [0.5, 0.6) is 0 Å². The molecule has 0 bridgehead atoms. The molecular weight excluding hydrogens is 442 g/mol. The van der Waals surface area contributed by atoms with Crippen LogP contribution in [0.2, 0.25) is 0 Å². The topological polar surface area (TPSA) is 77.1 Å². The number of hydrogen-bond donors (Lipinski definition) is 1. The van der Waals surface area contributed by atoms with Crippen molar-refractivity contribution in [2.24, 2.45) is 7.05 Å². The Bertz CT molecular complexity index is 1310. The number of amides is 1. The number of aromatic nitrogens is 5. The highest BCUT2D eigenvalue weighted by atomic mass is 19.4. The molecule has 1 amide bonds. The third-order valence-electron chi connectivity index (χ3n) is 4.43. The van der Waals surface area contributed by atoms with Crippen LogP contribution in [0.3, 0.4) is 0 Å². The van der Waals surface area contributed by atoms with Gasteiger partial charge in [-0.25, -0.2) is 13.9 Å². The maximum atomic E-state index is 14.3. The first-order chi connectivity index (χ1) is 15.0. The summed E-state index contributed by atoms with van der Waals surface area (Å²) in [6.45, 7) is 0. The fraction of sp³-hybridized carbons (Fsp3) is 0.158. The van der Waals surface area contributed by atoms with E-state index in [-0.39, 0.29) is 21.6 Å². The summed E-state index contributed by atoms with van der Waals surface area (Å²) in [7, 11) is 1.59. The minimum atomic E-state index is -5.94. The van der Waals surface area contributed by atoms with E-state index in [1.54, 1.807) is 7.05 Å². The van der Waals surface area contributed by atoms with Gasteiger partial charge in [-0.3, -0.25) is 9.48 Å². The van der Waals surface area contributed by atoms with Gasteiger partial charge in [-0.1, -0.05) is 0 Å². The standard InChI is InChI=1S/C19H12F6N6O/c1-30-7-6-15(29-30)27-17(32)13-9-16-26-12(10-2-4-11(20)5-3-10)8-14(31(16)28-13)18(21,22)19(23,24)25/h2-9H,1H3,(H,27,29,32). The predicted octanol–water partition coefficient (Wildman–Crippen LogP) is 4.18. The van der Waals surface area contributed by atoms with Gasteiger partial charge in [0.15, 0.2) is 17.2 Å². The summed E-state index contributed by atoms with van der Waals surface area (Å²) in [5.41, 5.74) is -2.64. The van der Waals surface area contributed by atoms with E-state index in [9.17, 15) is 31.1 Å². The Kier molecular flexibility index (Phi) is 4.90. The second-order valence-corrected chi connectivity index (χ2v) is 6.73. The van der Waals surface area contributed by atoms with Crippen LogP contribution in [0.25, 0.3) is 16.9 Å². The van der Waals surface area contributed by atoms with Gasteiger partial charge in [0.1, 0.15) is 11.5 Å². The maximum absolute atomic E-state index is 14.3. The number of anilines is 1. The summed E-state index contributed by atoms with van der Waals surface area (Å²) in [4.78, 5) is 16.5. The molecule has 0 aliphatic carbocycles. The third-order valence-corrected chi connectivity index (χ3v) is 4.43. The number of carbonyl (C=O) groups is 1. The normalized spacial score (nSPS) is 12.3. The molecule has 3 aromatic heterocycles. The van der Waals surface area contributed by atoms with Crippen LogP contribution in [0, 0.1) is 5.82 Å². The molecule has 32 heavy (non-hydrogen) atoms. The first-order valence-electron chi connectivity index (χ1n) is 8.88. The van der Waals surface area contributed by atoms with E-state index >= 15 is 0 Å². The minimum absolute atomic E-state index is 0.0915. The highest BCUT2D eigenvalue weighted by molar-refractivity contribution is 6.03. The predicted molar refractivity (Wildman–Crippen MR) is 99.5 cm³/mol. The zero-order valence-corrected chi connectivity index (χ0v) is 16.0. The highest BCUT2D eigenvalue weighted by Gasteiger charge is 2.60. The smallest absolute Gasteiger partial charge is 0.304 e. The van der Waals surface area contributed by atoms with E-state index in [1.165, 1.54) is 29.1 Å². The average molecular weight is 454 g/mol. The van der Waals surface area contributed by atoms with Gasteiger partial charge in [0.05, 0.1) is 5.69 Å². The number of nitrogens with zero attached hydrogens (tertiary/aromatic N) is 5. The summed E-state index contributed by atoms with van der Waals surface area (Å²) >= 11 is 0. The largest absolute Gasteiger partial charge is 0.459 e. The molecule has 0 saturated heterocycles. The number of benzene rings is 1. The second-order valence-electron chi connectivity index (χ2n) is 6.73. The molecule has 3 heterocycles. The Labute approximate surface area is 175 Å². The van der Waals surface area contributed by atoms with Crippen LogP contribution in [-0.4, -0.2) is 36.5 Å². The van der Waals surface area contributed by atoms with Crippen molar-refractivity contribution >= 4 is 17.4 Å². The van der Waals surface area contributed by atoms with Crippen LogP contribution in [0.4, 0.5) is 32.2 Å². The third kappa shape index (κ3) is 3.76. The van der Waals surface area contributed by atoms with Crippen molar-refractivity contribution in [3.8, 4) is 11.3 Å². The van der Waals surface area contributed by atoms with Crippen LogP contribution in [0.15, 0.2) is 48.7 Å². The molecule has 0 unspecified atom stereocenters. The van der Waals surface area contributed by atoms with Crippen LogP contribution in [0.1, 0.15) is 16.2 Å². The zero-order valence-electron chi connectivity index (χ0n) is 16.0. The Morgan fingerprint density at radius 2 is 1.69 bits per heavy atom. The number of nitrogens with one attached hydrogen (secondary N) is 1. The number of fused-ring (bicyclic) bond motifs is 1. The van der Waals surface area contributed by atoms with Crippen molar-refractivity contribution in [3.63, 3.8) is 0 Å². The lowest BCUT2D eigenvalue weighted by Gasteiger charge is -2.21. The van der Waals surface area contributed by atoms with E-state index < -0.39 is 40.9 Å². The first-order valence-corrected chi connectivity index (χ1v) is 8.88. The highest BCUT2D eigenvalue weighted by Crippen LogP contribution is 2.44. The van der Waals surface area contributed by atoms with Crippen molar-refractivity contribution in [3.05, 3.63) is 65.9 Å². The lowest BCUT2D eigenvalue weighted by atomic mass is 10.1. The van der Waals surface area contributed by atoms with E-state index in [2.05, 4.69) is 20.5 Å². The molecule has 0 atom stereocenters. The quantitative estimate of drug-likeness (QED) is 0.470. The zero-order chi connectivity index (χ0) is 23.3. The SMILES string of the molecule is Cn1ccc(NC(=O)c2cc3nc(-c4ccc(F)cc4)cc(C(F)(F)C(F)(F)F)n3n2)n1. The molecule has 7 nitrogen and oxygen atoms in total.